The monoisotopic (exact) mass is 334 g/mol. The Morgan fingerprint density at radius 1 is 1.29 bits per heavy atom. The summed E-state index contributed by atoms with van der Waals surface area (Å²) >= 11 is 0. The Balaban J connectivity index is 1.61. The van der Waals surface area contributed by atoms with Gasteiger partial charge in [0.05, 0.1) is 6.10 Å². The number of anilines is 1. The first-order valence-electron chi connectivity index (χ1n) is 8.89. The molecule has 0 bridgehead atoms. The molecule has 134 valence electrons. The number of piperidine rings is 1. The lowest BCUT2D eigenvalue weighted by Gasteiger charge is -2.33. The second-order valence-electron chi connectivity index (χ2n) is 6.92. The quantitative estimate of drug-likeness (QED) is 0.713. The van der Waals surface area contributed by atoms with Crippen LogP contribution in [-0.2, 0) is 0 Å². The van der Waals surface area contributed by atoms with Crippen molar-refractivity contribution in [2.24, 2.45) is 11.8 Å². The highest BCUT2D eigenvalue weighted by Gasteiger charge is 2.20. The van der Waals surface area contributed by atoms with Gasteiger partial charge < -0.3 is 20.6 Å². The zero-order chi connectivity index (χ0) is 17.4. The van der Waals surface area contributed by atoms with Crippen molar-refractivity contribution >= 4 is 11.7 Å². The first-order valence-corrected chi connectivity index (χ1v) is 8.89. The molecule has 1 fully saturated rings. The fourth-order valence-corrected chi connectivity index (χ4v) is 3.18. The van der Waals surface area contributed by atoms with Crippen LogP contribution < -0.4 is 15.5 Å². The van der Waals surface area contributed by atoms with E-state index in [4.69, 9.17) is 0 Å². The third-order valence-corrected chi connectivity index (χ3v) is 4.55. The van der Waals surface area contributed by atoms with Gasteiger partial charge in [-0.05, 0) is 50.2 Å². The fraction of sp³-hybridized carbons (Fsp3) is 0.667. The Hall–Kier alpha value is -1.82. The fourth-order valence-electron chi connectivity index (χ4n) is 3.18. The largest absolute Gasteiger partial charge is 0.393 e. The molecule has 0 aliphatic carbocycles. The van der Waals surface area contributed by atoms with E-state index in [9.17, 15) is 9.90 Å². The molecule has 6 nitrogen and oxygen atoms in total. The number of nitrogens with zero attached hydrogens (tertiary/aromatic N) is 2. The lowest BCUT2D eigenvalue weighted by atomic mass is 9.96. The lowest BCUT2D eigenvalue weighted by Crippen LogP contribution is -2.43. The summed E-state index contributed by atoms with van der Waals surface area (Å²) < 4.78 is 0. The van der Waals surface area contributed by atoms with Gasteiger partial charge in [0.2, 0.25) is 0 Å². The minimum absolute atomic E-state index is 0.107. The summed E-state index contributed by atoms with van der Waals surface area (Å²) in [5.74, 6) is 0.808. The molecule has 1 aliphatic heterocycles. The van der Waals surface area contributed by atoms with E-state index in [1.807, 2.05) is 31.5 Å². The molecular weight excluding hydrogens is 304 g/mol. The summed E-state index contributed by atoms with van der Waals surface area (Å²) in [6.45, 7) is 7.15. The third kappa shape index (κ3) is 6.35. The Kier molecular flexibility index (Phi) is 7.31. The molecule has 0 spiro atoms. The first kappa shape index (κ1) is 18.5. The molecule has 0 saturated carbocycles. The van der Waals surface area contributed by atoms with Gasteiger partial charge in [-0.15, -0.1) is 0 Å². The standard InChI is InChI=1S/C18H30N4O2/c1-14(11-15(2)23)12-20-18(24)21-13-16-5-9-22(10-6-16)17-3-7-19-8-4-17/h3-4,7-8,14-16,23H,5-6,9-13H2,1-2H3,(H2,20,21,24). The average Bonchev–Trinajstić information content (AvgIpc) is 2.59. The molecule has 24 heavy (non-hydrogen) atoms. The predicted molar refractivity (Wildman–Crippen MR) is 96.0 cm³/mol. The van der Waals surface area contributed by atoms with Gasteiger partial charge in [0.15, 0.2) is 0 Å². The van der Waals surface area contributed by atoms with Crippen molar-refractivity contribution in [2.75, 3.05) is 31.1 Å². The summed E-state index contributed by atoms with van der Waals surface area (Å²) in [6.07, 6.45) is 6.20. The van der Waals surface area contributed by atoms with Crippen molar-refractivity contribution in [3.05, 3.63) is 24.5 Å². The van der Waals surface area contributed by atoms with E-state index in [0.29, 0.717) is 18.9 Å². The van der Waals surface area contributed by atoms with E-state index in [2.05, 4.69) is 20.5 Å². The highest BCUT2D eigenvalue weighted by molar-refractivity contribution is 5.73. The third-order valence-electron chi connectivity index (χ3n) is 4.55. The molecule has 2 rings (SSSR count). The molecule has 2 atom stereocenters. The molecule has 6 heteroatoms. The van der Waals surface area contributed by atoms with Crippen LogP contribution in [0.2, 0.25) is 0 Å². The number of aliphatic hydroxyl groups is 1. The van der Waals surface area contributed by atoms with E-state index in [0.717, 1.165) is 32.5 Å². The van der Waals surface area contributed by atoms with Crippen molar-refractivity contribution < 1.29 is 9.90 Å². The number of hydrogen-bond acceptors (Lipinski definition) is 4. The molecule has 2 amide bonds. The molecular formula is C18H30N4O2. The Morgan fingerprint density at radius 2 is 1.96 bits per heavy atom. The predicted octanol–water partition coefficient (Wildman–Crippen LogP) is 2.00. The van der Waals surface area contributed by atoms with Crippen molar-refractivity contribution in [3.8, 4) is 0 Å². The van der Waals surface area contributed by atoms with Crippen LogP contribution in [0.15, 0.2) is 24.5 Å². The molecule has 3 N–H and O–H groups in total. The Bertz CT molecular complexity index is 487. The van der Waals surface area contributed by atoms with Gasteiger partial charge in [0.25, 0.3) is 0 Å². The van der Waals surface area contributed by atoms with Crippen LogP contribution in [0.5, 0.6) is 0 Å². The van der Waals surface area contributed by atoms with Gasteiger partial charge >= 0.3 is 6.03 Å². The molecule has 2 unspecified atom stereocenters. The van der Waals surface area contributed by atoms with Crippen LogP contribution in [-0.4, -0.2) is 48.4 Å². The van der Waals surface area contributed by atoms with E-state index >= 15 is 0 Å². The van der Waals surface area contributed by atoms with Gasteiger partial charge in [-0.3, -0.25) is 4.98 Å². The van der Waals surface area contributed by atoms with Crippen LogP contribution in [0.4, 0.5) is 10.5 Å². The number of aliphatic hydroxyl groups excluding tert-OH is 1. The van der Waals surface area contributed by atoms with Gasteiger partial charge in [0, 0.05) is 44.3 Å². The minimum atomic E-state index is -0.324. The normalized spacial score (nSPS) is 18.0. The zero-order valence-electron chi connectivity index (χ0n) is 14.7. The smallest absolute Gasteiger partial charge is 0.314 e. The van der Waals surface area contributed by atoms with Gasteiger partial charge in [-0.1, -0.05) is 6.92 Å². The highest BCUT2D eigenvalue weighted by Crippen LogP contribution is 2.22. The molecule has 1 aromatic rings. The maximum Gasteiger partial charge on any atom is 0.314 e. The van der Waals surface area contributed by atoms with Crippen molar-refractivity contribution in [1.82, 2.24) is 15.6 Å². The molecule has 2 heterocycles. The summed E-state index contributed by atoms with van der Waals surface area (Å²) in [7, 11) is 0. The van der Waals surface area contributed by atoms with Crippen LogP contribution in [0, 0.1) is 11.8 Å². The average molecular weight is 334 g/mol. The summed E-state index contributed by atoms with van der Waals surface area (Å²) in [4.78, 5) is 18.3. The molecule has 0 aromatic carbocycles. The molecule has 1 aromatic heterocycles. The number of pyridine rings is 1. The second kappa shape index (κ2) is 9.47. The Morgan fingerprint density at radius 3 is 2.58 bits per heavy atom. The minimum Gasteiger partial charge on any atom is -0.393 e. The Labute approximate surface area is 144 Å². The van der Waals surface area contributed by atoms with E-state index < -0.39 is 0 Å². The maximum absolute atomic E-state index is 11.9. The second-order valence-corrected chi connectivity index (χ2v) is 6.92. The van der Waals surface area contributed by atoms with E-state index in [1.54, 1.807) is 6.92 Å². The number of carbonyl (C=O) groups excluding carboxylic acids is 1. The van der Waals surface area contributed by atoms with E-state index in [1.165, 1.54) is 5.69 Å². The molecule has 1 aliphatic rings. The molecule has 0 radical (unpaired) electrons. The van der Waals surface area contributed by atoms with Gasteiger partial charge in [0.1, 0.15) is 0 Å². The number of urea groups is 1. The van der Waals surface area contributed by atoms with Gasteiger partial charge in [-0.2, -0.15) is 0 Å². The SMILES string of the molecule is CC(O)CC(C)CNC(=O)NCC1CCN(c2ccncc2)CC1. The van der Waals surface area contributed by atoms with Crippen molar-refractivity contribution in [2.45, 2.75) is 39.2 Å². The molecule has 1 saturated heterocycles. The summed E-state index contributed by atoms with van der Waals surface area (Å²) in [6, 6.07) is 3.98. The van der Waals surface area contributed by atoms with Crippen LogP contribution in [0.25, 0.3) is 0 Å². The van der Waals surface area contributed by atoms with Crippen molar-refractivity contribution in [1.29, 1.82) is 0 Å². The number of aromatic nitrogens is 1. The highest BCUT2D eigenvalue weighted by atomic mass is 16.3. The van der Waals surface area contributed by atoms with E-state index in [-0.39, 0.29) is 18.1 Å². The number of hydrogen-bond donors (Lipinski definition) is 3. The first-order chi connectivity index (χ1) is 11.5. The number of nitrogens with one attached hydrogen (secondary N) is 2. The lowest BCUT2D eigenvalue weighted by molar-refractivity contribution is 0.163. The summed E-state index contributed by atoms with van der Waals surface area (Å²) in [5, 5.41) is 15.2. The topological polar surface area (TPSA) is 77.5 Å². The summed E-state index contributed by atoms with van der Waals surface area (Å²) in [5.41, 5.74) is 1.22. The zero-order valence-corrected chi connectivity index (χ0v) is 14.7. The van der Waals surface area contributed by atoms with Gasteiger partial charge in [-0.25, -0.2) is 4.79 Å². The maximum atomic E-state index is 11.9. The number of carbonyl (C=O) groups is 1. The van der Waals surface area contributed by atoms with Crippen molar-refractivity contribution in [3.63, 3.8) is 0 Å². The number of amides is 2. The van der Waals surface area contributed by atoms with Crippen LogP contribution in [0.3, 0.4) is 0 Å². The number of rotatable bonds is 7. The van der Waals surface area contributed by atoms with Crippen LogP contribution in [0.1, 0.15) is 33.1 Å². The van der Waals surface area contributed by atoms with Crippen LogP contribution >= 0.6 is 0 Å².